The van der Waals surface area contributed by atoms with Crippen molar-refractivity contribution in [3.05, 3.63) is 12.2 Å². The first kappa shape index (κ1) is 22.3. The molecule has 5 unspecified atom stereocenters. The molecule has 0 aliphatic heterocycles. The first-order valence-corrected chi connectivity index (χ1v) is 11.0. The van der Waals surface area contributed by atoms with Gasteiger partial charge in [0.1, 0.15) is 0 Å². The number of nitrogens with zero attached hydrogens (tertiary/aromatic N) is 1. The molecule has 1 rings (SSSR count). The molecule has 0 bridgehead atoms. The Balaban J connectivity index is 2.67. The Morgan fingerprint density at radius 2 is 1.48 bits per heavy atom. The second-order valence-corrected chi connectivity index (χ2v) is 9.00. The highest BCUT2D eigenvalue weighted by molar-refractivity contribution is 5.15. The number of rotatable bonds is 14. The molecule has 0 saturated carbocycles. The van der Waals surface area contributed by atoms with Crippen LogP contribution in [0.2, 0.25) is 0 Å². The molecule has 0 heterocycles. The van der Waals surface area contributed by atoms with Gasteiger partial charge in [-0.2, -0.15) is 5.26 Å². The normalized spacial score (nSPS) is 21.2. The van der Waals surface area contributed by atoms with Gasteiger partial charge in [0.15, 0.2) is 0 Å². The number of hydrogen-bond acceptors (Lipinski definition) is 1. The van der Waals surface area contributed by atoms with Crippen LogP contribution in [0.3, 0.4) is 0 Å². The highest BCUT2D eigenvalue weighted by Gasteiger charge is 2.32. The maximum absolute atomic E-state index is 9.52. The van der Waals surface area contributed by atoms with Crippen LogP contribution in [0.25, 0.3) is 0 Å². The summed E-state index contributed by atoms with van der Waals surface area (Å²) in [6, 6.07) is 2.58. The third kappa shape index (κ3) is 7.98. The van der Waals surface area contributed by atoms with Crippen LogP contribution in [0.5, 0.6) is 0 Å². The van der Waals surface area contributed by atoms with Gasteiger partial charge in [-0.15, -0.1) is 0 Å². The van der Waals surface area contributed by atoms with Crippen molar-refractivity contribution in [3.8, 4) is 6.07 Å². The van der Waals surface area contributed by atoms with E-state index in [0.717, 1.165) is 36.5 Å². The molecule has 6 atom stereocenters. The zero-order valence-corrected chi connectivity index (χ0v) is 17.8. The summed E-state index contributed by atoms with van der Waals surface area (Å²) in [5, 5.41) is 9.52. The monoisotopic (exact) mass is 345 g/mol. The Morgan fingerprint density at radius 3 is 2.00 bits per heavy atom. The van der Waals surface area contributed by atoms with Gasteiger partial charge in [0.2, 0.25) is 0 Å². The zero-order valence-electron chi connectivity index (χ0n) is 17.8. The van der Waals surface area contributed by atoms with Crippen molar-refractivity contribution in [2.24, 2.45) is 41.4 Å². The SMILES string of the molecule is CCCCC(C#N)CC(C)C(C)C(C[C@@H](C)C1C=C1)C(C)CCCC. The molecule has 0 aromatic rings. The van der Waals surface area contributed by atoms with Gasteiger partial charge in [0, 0.05) is 5.92 Å². The third-order valence-corrected chi connectivity index (χ3v) is 6.78. The topological polar surface area (TPSA) is 23.8 Å². The maximum Gasteiger partial charge on any atom is 0.0655 e. The lowest BCUT2D eigenvalue weighted by Gasteiger charge is -2.36. The third-order valence-electron chi connectivity index (χ3n) is 6.78. The summed E-state index contributed by atoms with van der Waals surface area (Å²) in [7, 11) is 0. The van der Waals surface area contributed by atoms with Crippen molar-refractivity contribution < 1.29 is 0 Å². The lowest BCUT2D eigenvalue weighted by atomic mass is 9.69. The van der Waals surface area contributed by atoms with Gasteiger partial charge >= 0.3 is 0 Å². The molecule has 0 spiro atoms. The molecule has 1 nitrogen and oxygen atoms in total. The van der Waals surface area contributed by atoms with Crippen molar-refractivity contribution in [3.63, 3.8) is 0 Å². The second kappa shape index (κ2) is 11.8. The fraction of sp³-hybridized carbons (Fsp3) is 0.875. The molecule has 0 N–H and O–H groups in total. The van der Waals surface area contributed by atoms with E-state index in [9.17, 15) is 5.26 Å². The Hall–Kier alpha value is -0.770. The minimum Gasteiger partial charge on any atom is -0.198 e. The molecule has 1 aliphatic rings. The van der Waals surface area contributed by atoms with E-state index < -0.39 is 0 Å². The fourth-order valence-corrected chi connectivity index (χ4v) is 4.51. The quantitative estimate of drug-likeness (QED) is 0.297. The van der Waals surface area contributed by atoms with E-state index in [-0.39, 0.29) is 5.92 Å². The highest BCUT2D eigenvalue weighted by Crippen LogP contribution is 2.40. The molecule has 0 fully saturated rings. The highest BCUT2D eigenvalue weighted by atomic mass is 14.4. The van der Waals surface area contributed by atoms with Crippen molar-refractivity contribution in [2.75, 3.05) is 0 Å². The van der Waals surface area contributed by atoms with Gasteiger partial charge in [0.05, 0.1) is 6.07 Å². The Labute approximate surface area is 158 Å². The second-order valence-electron chi connectivity index (χ2n) is 9.00. The lowest BCUT2D eigenvalue weighted by Crippen LogP contribution is -2.28. The molecule has 144 valence electrons. The van der Waals surface area contributed by atoms with E-state index in [0.29, 0.717) is 11.8 Å². The summed E-state index contributed by atoms with van der Waals surface area (Å²) < 4.78 is 0. The predicted octanol–water partition coefficient (Wildman–Crippen LogP) is 7.63. The number of unbranched alkanes of at least 4 members (excludes halogenated alkanes) is 2. The van der Waals surface area contributed by atoms with Crippen molar-refractivity contribution >= 4 is 0 Å². The van der Waals surface area contributed by atoms with Crippen LogP contribution < -0.4 is 0 Å². The lowest BCUT2D eigenvalue weighted by molar-refractivity contribution is 0.139. The average molecular weight is 346 g/mol. The molecule has 0 aromatic carbocycles. The average Bonchev–Trinajstić information content (AvgIpc) is 3.45. The smallest absolute Gasteiger partial charge is 0.0655 e. The van der Waals surface area contributed by atoms with Crippen LogP contribution in [-0.4, -0.2) is 0 Å². The van der Waals surface area contributed by atoms with Crippen LogP contribution in [0.1, 0.15) is 92.9 Å². The van der Waals surface area contributed by atoms with Gasteiger partial charge in [-0.1, -0.05) is 85.8 Å². The van der Waals surface area contributed by atoms with Crippen molar-refractivity contribution in [2.45, 2.75) is 92.9 Å². The van der Waals surface area contributed by atoms with Crippen LogP contribution in [0.4, 0.5) is 0 Å². The van der Waals surface area contributed by atoms with Crippen LogP contribution >= 0.6 is 0 Å². The fourth-order valence-electron chi connectivity index (χ4n) is 4.51. The van der Waals surface area contributed by atoms with Gasteiger partial charge in [-0.3, -0.25) is 0 Å². The molecular formula is C24H43N. The number of hydrogen-bond donors (Lipinski definition) is 0. The Morgan fingerprint density at radius 1 is 0.880 bits per heavy atom. The Bertz CT molecular complexity index is 412. The molecule has 0 saturated heterocycles. The van der Waals surface area contributed by atoms with E-state index in [2.05, 4.69) is 59.8 Å². The van der Waals surface area contributed by atoms with Crippen molar-refractivity contribution in [1.29, 1.82) is 5.26 Å². The van der Waals surface area contributed by atoms with E-state index in [1.54, 1.807) is 0 Å². The van der Waals surface area contributed by atoms with E-state index >= 15 is 0 Å². The predicted molar refractivity (Wildman–Crippen MR) is 110 cm³/mol. The minimum absolute atomic E-state index is 0.256. The van der Waals surface area contributed by atoms with Crippen LogP contribution in [-0.2, 0) is 0 Å². The number of allylic oxidation sites excluding steroid dienone is 2. The van der Waals surface area contributed by atoms with Gasteiger partial charge in [-0.05, 0) is 54.8 Å². The summed E-state index contributed by atoms with van der Waals surface area (Å²) in [4.78, 5) is 0. The zero-order chi connectivity index (χ0) is 18.8. The molecular weight excluding hydrogens is 302 g/mol. The van der Waals surface area contributed by atoms with Gasteiger partial charge < -0.3 is 0 Å². The summed E-state index contributed by atoms with van der Waals surface area (Å²) in [6.07, 6.45) is 14.7. The molecule has 0 amide bonds. The molecule has 0 aromatic heterocycles. The Kier molecular flexibility index (Phi) is 10.5. The van der Waals surface area contributed by atoms with Crippen LogP contribution in [0, 0.1) is 52.8 Å². The molecule has 0 radical (unpaired) electrons. The standard InChI is InChI=1S/C24H43N/c1-7-9-11-18(3)24(16-20(5)23-13-14-23)21(6)19(4)15-22(17-25)12-10-8-2/h13-14,18-24H,7-12,15-16H2,1-6H3/t18?,19?,20-,21?,22?,24?/m1/s1. The summed E-state index contributed by atoms with van der Waals surface area (Å²) in [5.41, 5.74) is 0. The first-order valence-electron chi connectivity index (χ1n) is 11.0. The largest absolute Gasteiger partial charge is 0.198 e. The van der Waals surface area contributed by atoms with E-state index in [1.807, 2.05) is 0 Å². The molecule has 1 aliphatic carbocycles. The van der Waals surface area contributed by atoms with Crippen LogP contribution in [0.15, 0.2) is 12.2 Å². The van der Waals surface area contributed by atoms with Gasteiger partial charge in [0.25, 0.3) is 0 Å². The van der Waals surface area contributed by atoms with Gasteiger partial charge in [-0.25, -0.2) is 0 Å². The summed E-state index contributed by atoms with van der Waals surface area (Å²) in [6.45, 7) is 14.3. The number of nitriles is 1. The molecule has 1 heteroatoms. The van der Waals surface area contributed by atoms with Crippen molar-refractivity contribution in [1.82, 2.24) is 0 Å². The first-order chi connectivity index (χ1) is 11.9. The van der Waals surface area contributed by atoms with E-state index in [4.69, 9.17) is 0 Å². The maximum atomic E-state index is 9.52. The summed E-state index contributed by atoms with van der Waals surface area (Å²) >= 11 is 0. The molecule has 25 heavy (non-hydrogen) atoms. The van der Waals surface area contributed by atoms with E-state index in [1.165, 1.54) is 38.5 Å². The minimum atomic E-state index is 0.256. The summed E-state index contributed by atoms with van der Waals surface area (Å²) in [5.74, 6) is 4.77.